The molecule has 0 amide bonds. The fourth-order valence-electron chi connectivity index (χ4n) is 2.16. The number of thioether (sulfide) groups is 1. The van der Waals surface area contributed by atoms with Gasteiger partial charge in [-0.3, -0.25) is 0 Å². The largest absolute Gasteiger partial charge is 0.476 e. The van der Waals surface area contributed by atoms with Crippen molar-refractivity contribution >= 4 is 28.4 Å². The number of hydrogen-bond donors (Lipinski definition) is 3. The van der Waals surface area contributed by atoms with Gasteiger partial charge in [0.05, 0.1) is 0 Å². The molecule has 6 nitrogen and oxygen atoms in total. The number of benzene rings is 1. The SMILES string of the molecule is CO[C@H]1O[C@H](COC(=S)SCc2ccccc2)[C@@H](O)[C@H](O)[C@H]1O. The number of thiocarbonyl (C=S) groups is 1. The van der Waals surface area contributed by atoms with Gasteiger partial charge < -0.3 is 29.5 Å². The normalized spacial score (nSPS) is 30.9. The summed E-state index contributed by atoms with van der Waals surface area (Å²) in [6, 6.07) is 9.82. The molecule has 5 atom stereocenters. The molecule has 1 fully saturated rings. The third kappa shape index (κ3) is 5.12. The van der Waals surface area contributed by atoms with Gasteiger partial charge in [-0.1, -0.05) is 42.1 Å². The van der Waals surface area contributed by atoms with Crippen molar-refractivity contribution in [1.82, 2.24) is 0 Å². The van der Waals surface area contributed by atoms with Gasteiger partial charge in [0.25, 0.3) is 0 Å². The molecule has 0 unspecified atom stereocenters. The van der Waals surface area contributed by atoms with Gasteiger partial charge >= 0.3 is 0 Å². The molecule has 0 bridgehead atoms. The van der Waals surface area contributed by atoms with Crippen LogP contribution in [0.2, 0.25) is 0 Å². The van der Waals surface area contributed by atoms with E-state index in [0.717, 1.165) is 5.56 Å². The predicted molar refractivity (Wildman–Crippen MR) is 90.0 cm³/mol. The molecule has 1 aliphatic rings. The molecule has 1 heterocycles. The molecule has 1 saturated heterocycles. The predicted octanol–water partition coefficient (Wildman–Crippen LogP) is 0.675. The van der Waals surface area contributed by atoms with Crippen LogP contribution in [0.4, 0.5) is 0 Å². The minimum atomic E-state index is -1.37. The Balaban J connectivity index is 1.79. The van der Waals surface area contributed by atoms with Gasteiger partial charge in [-0.05, 0) is 17.8 Å². The highest BCUT2D eigenvalue weighted by Crippen LogP contribution is 2.23. The van der Waals surface area contributed by atoms with E-state index in [2.05, 4.69) is 0 Å². The van der Waals surface area contributed by atoms with Gasteiger partial charge in [0.2, 0.25) is 4.38 Å². The number of aliphatic hydroxyl groups excluding tert-OH is 3. The van der Waals surface area contributed by atoms with Gasteiger partial charge in [-0.25, -0.2) is 0 Å². The molecule has 0 aromatic heterocycles. The average Bonchev–Trinajstić information content (AvgIpc) is 2.58. The lowest BCUT2D eigenvalue weighted by Gasteiger charge is -2.39. The number of hydrogen-bond acceptors (Lipinski definition) is 8. The van der Waals surface area contributed by atoms with E-state index in [9.17, 15) is 15.3 Å². The first kappa shape index (κ1) is 18.6. The van der Waals surface area contributed by atoms with E-state index >= 15 is 0 Å². The first-order chi connectivity index (χ1) is 11.0. The third-order valence-corrected chi connectivity index (χ3v) is 4.77. The highest BCUT2D eigenvalue weighted by atomic mass is 32.2. The first-order valence-electron chi connectivity index (χ1n) is 7.09. The summed E-state index contributed by atoms with van der Waals surface area (Å²) in [6.45, 7) is -0.0363. The zero-order chi connectivity index (χ0) is 16.8. The van der Waals surface area contributed by atoms with Crippen LogP contribution in [0, 0.1) is 0 Å². The fraction of sp³-hybridized carbons (Fsp3) is 0.533. The fourth-order valence-corrected chi connectivity index (χ4v) is 3.03. The van der Waals surface area contributed by atoms with E-state index in [1.807, 2.05) is 30.3 Å². The van der Waals surface area contributed by atoms with Gasteiger partial charge in [0.1, 0.15) is 31.0 Å². The average molecular weight is 360 g/mol. The summed E-state index contributed by atoms with van der Waals surface area (Å²) >= 11 is 6.49. The Bertz CT molecular complexity index is 498. The monoisotopic (exact) mass is 360 g/mol. The van der Waals surface area contributed by atoms with E-state index in [-0.39, 0.29) is 6.61 Å². The van der Waals surface area contributed by atoms with Crippen molar-refractivity contribution in [2.45, 2.75) is 36.5 Å². The third-order valence-electron chi connectivity index (χ3n) is 3.47. The van der Waals surface area contributed by atoms with Crippen molar-refractivity contribution in [2.24, 2.45) is 0 Å². The van der Waals surface area contributed by atoms with Crippen molar-refractivity contribution in [3.05, 3.63) is 35.9 Å². The molecule has 0 saturated carbocycles. The Morgan fingerprint density at radius 3 is 2.52 bits per heavy atom. The zero-order valence-corrected chi connectivity index (χ0v) is 14.2. The molecule has 23 heavy (non-hydrogen) atoms. The van der Waals surface area contributed by atoms with Crippen LogP contribution in [0.15, 0.2) is 30.3 Å². The topological polar surface area (TPSA) is 88.4 Å². The number of ether oxygens (including phenoxy) is 3. The Morgan fingerprint density at radius 1 is 1.17 bits per heavy atom. The van der Waals surface area contributed by atoms with Crippen LogP contribution in [0.5, 0.6) is 0 Å². The maximum Gasteiger partial charge on any atom is 0.220 e. The second-order valence-corrected chi connectivity index (χ2v) is 6.66. The van der Waals surface area contributed by atoms with Crippen molar-refractivity contribution < 1.29 is 29.5 Å². The highest BCUT2D eigenvalue weighted by molar-refractivity contribution is 8.22. The van der Waals surface area contributed by atoms with Gasteiger partial charge in [-0.15, -0.1) is 0 Å². The van der Waals surface area contributed by atoms with Crippen LogP contribution in [-0.4, -0.2) is 64.1 Å². The molecule has 3 N–H and O–H groups in total. The summed E-state index contributed by atoms with van der Waals surface area (Å²) in [5.74, 6) is 0.676. The molecule has 0 aliphatic carbocycles. The lowest BCUT2D eigenvalue weighted by Crippen LogP contribution is -2.59. The highest BCUT2D eigenvalue weighted by Gasteiger charge is 2.44. The summed E-state index contributed by atoms with van der Waals surface area (Å²) in [5.41, 5.74) is 1.12. The Hall–Kier alpha value is -0.740. The Kier molecular flexibility index (Phi) is 7.22. The van der Waals surface area contributed by atoms with Crippen molar-refractivity contribution in [3.8, 4) is 0 Å². The van der Waals surface area contributed by atoms with E-state index < -0.39 is 30.7 Å². The molecule has 0 radical (unpaired) electrons. The van der Waals surface area contributed by atoms with Crippen LogP contribution in [-0.2, 0) is 20.0 Å². The molecule has 0 spiro atoms. The summed E-state index contributed by atoms with van der Waals surface area (Å²) in [7, 11) is 1.34. The van der Waals surface area contributed by atoms with Crippen LogP contribution >= 0.6 is 24.0 Å². The molecular formula is C15H20O6S2. The van der Waals surface area contributed by atoms with E-state index in [1.165, 1.54) is 18.9 Å². The van der Waals surface area contributed by atoms with Crippen LogP contribution < -0.4 is 0 Å². The van der Waals surface area contributed by atoms with Gasteiger partial charge in [0.15, 0.2) is 6.29 Å². The number of aliphatic hydroxyl groups is 3. The Morgan fingerprint density at radius 2 is 1.87 bits per heavy atom. The van der Waals surface area contributed by atoms with Crippen molar-refractivity contribution in [3.63, 3.8) is 0 Å². The molecule has 1 aromatic carbocycles. The molecule has 8 heteroatoms. The maximum absolute atomic E-state index is 9.92. The lowest BCUT2D eigenvalue weighted by atomic mass is 9.99. The molecule has 1 aromatic rings. The Labute approximate surface area is 144 Å². The van der Waals surface area contributed by atoms with E-state index in [0.29, 0.717) is 10.1 Å². The zero-order valence-electron chi connectivity index (χ0n) is 12.6. The standard InChI is InChI=1S/C15H20O6S2/c1-19-14-13(18)12(17)11(16)10(21-14)7-20-15(22)23-8-9-5-3-2-4-6-9/h2-6,10-14,16-18H,7-8H2,1H3/t10-,11-,12+,13-,14+/m1/s1. The van der Waals surface area contributed by atoms with Gasteiger partial charge in [0, 0.05) is 12.9 Å². The molecular weight excluding hydrogens is 340 g/mol. The lowest BCUT2D eigenvalue weighted by molar-refractivity contribution is -0.293. The van der Waals surface area contributed by atoms with Crippen molar-refractivity contribution in [2.75, 3.05) is 13.7 Å². The summed E-state index contributed by atoms with van der Waals surface area (Å²) in [6.07, 6.45) is -5.82. The van der Waals surface area contributed by atoms with E-state index in [4.69, 9.17) is 26.4 Å². The molecule has 1 aliphatic heterocycles. The van der Waals surface area contributed by atoms with Crippen LogP contribution in [0.25, 0.3) is 0 Å². The first-order valence-corrected chi connectivity index (χ1v) is 8.48. The smallest absolute Gasteiger partial charge is 0.220 e. The maximum atomic E-state index is 9.92. The van der Waals surface area contributed by atoms with Crippen LogP contribution in [0.1, 0.15) is 5.56 Å². The second kappa shape index (κ2) is 8.93. The van der Waals surface area contributed by atoms with Crippen LogP contribution in [0.3, 0.4) is 0 Å². The second-order valence-electron chi connectivity index (χ2n) is 5.09. The summed E-state index contributed by atoms with van der Waals surface area (Å²) in [5, 5.41) is 29.4. The summed E-state index contributed by atoms with van der Waals surface area (Å²) in [4.78, 5) is 0. The van der Waals surface area contributed by atoms with Gasteiger partial charge in [-0.2, -0.15) is 0 Å². The molecule has 128 valence electrons. The minimum absolute atomic E-state index is 0.0363. The number of rotatable bonds is 5. The molecule has 2 rings (SSSR count). The minimum Gasteiger partial charge on any atom is -0.476 e. The number of methoxy groups -OCH3 is 1. The summed E-state index contributed by atoms with van der Waals surface area (Å²) < 4.78 is 16.0. The van der Waals surface area contributed by atoms with Crippen molar-refractivity contribution in [1.29, 1.82) is 0 Å². The quantitative estimate of drug-likeness (QED) is 0.661. The van der Waals surface area contributed by atoms with E-state index in [1.54, 1.807) is 0 Å².